The predicted molar refractivity (Wildman–Crippen MR) is 104 cm³/mol. The molecule has 1 aromatic carbocycles. The van der Waals surface area contributed by atoms with Gasteiger partial charge in [0.2, 0.25) is 5.91 Å². The van der Waals surface area contributed by atoms with E-state index in [0.717, 1.165) is 51.4 Å². The SMILES string of the molecule is Cn1c(CN2CCN(c3cccc(F)c3)CC2)ccc1CN1CCCC1=O. The van der Waals surface area contributed by atoms with E-state index in [9.17, 15) is 9.18 Å². The van der Waals surface area contributed by atoms with Crippen molar-refractivity contribution in [2.24, 2.45) is 7.05 Å². The highest BCUT2D eigenvalue weighted by atomic mass is 19.1. The van der Waals surface area contributed by atoms with Crippen molar-refractivity contribution in [1.29, 1.82) is 0 Å². The van der Waals surface area contributed by atoms with Crippen LogP contribution in [0.25, 0.3) is 0 Å². The molecule has 2 aromatic rings. The van der Waals surface area contributed by atoms with Gasteiger partial charge in [0.15, 0.2) is 0 Å². The van der Waals surface area contributed by atoms with E-state index in [1.54, 1.807) is 12.1 Å². The van der Waals surface area contributed by atoms with Crippen LogP contribution in [0.1, 0.15) is 24.2 Å². The second-order valence-electron chi connectivity index (χ2n) is 7.54. The van der Waals surface area contributed by atoms with Gasteiger partial charge in [-0.1, -0.05) is 6.07 Å². The van der Waals surface area contributed by atoms with Crippen LogP contribution < -0.4 is 4.90 Å². The molecule has 0 aliphatic carbocycles. The largest absolute Gasteiger partial charge is 0.369 e. The summed E-state index contributed by atoms with van der Waals surface area (Å²) in [6.45, 7) is 6.22. The Morgan fingerprint density at radius 3 is 2.37 bits per heavy atom. The second kappa shape index (κ2) is 7.72. The van der Waals surface area contributed by atoms with E-state index in [1.165, 1.54) is 17.5 Å². The molecule has 4 rings (SSSR count). The zero-order valence-corrected chi connectivity index (χ0v) is 15.9. The number of carbonyl (C=O) groups excluding carboxylic acids is 1. The molecule has 0 atom stereocenters. The second-order valence-corrected chi connectivity index (χ2v) is 7.54. The number of piperazine rings is 1. The number of aromatic nitrogens is 1. The average Bonchev–Trinajstić information content (AvgIpc) is 3.23. The first-order valence-corrected chi connectivity index (χ1v) is 9.74. The van der Waals surface area contributed by atoms with Crippen molar-refractivity contribution in [1.82, 2.24) is 14.4 Å². The van der Waals surface area contributed by atoms with Crippen LogP contribution in [-0.4, -0.2) is 53.0 Å². The van der Waals surface area contributed by atoms with E-state index in [0.29, 0.717) is 13.0 Å². The van der Waals surface area contributed by atoms with Gasteiger partial charge in [-0.3, -0.25) is 9.69 Å². The number of nitrogens with zero attached hydrogens (tertiary/aromatic N) is 4. The van der Waals surface area contributed by atoms with Crippen molar-refractivity contribution in [2.75, 3.05) is 37.6 Å². The van der Waals surface area contributed by atoms with Crippen molar-refractivity contribution in [3.8, 4) is 0 Å². The van der Waals surface area contributed by atoms with Gasteiger partial charge in [-0.15, -0.1) is 0 Å². The molecule has 2 fully saturated rings. The summed E-state index contributed by atoms with van der Waals surface area (Å²) in [6.07, 6.45) is 1.67. The van der Waals surface area contributed by atoms with Crippen LogP contribution in [-0.2, 0) is 24.9 Å². The Morgan fingerprint density at radius 1 is 0.963 bits per heavy atom. The molecule has 6 heteroatoms. The zero-order chi connectivity index (χ0) is 18.8. The van der Waals surface area contributed by atoms with Crippen molar-refractivity contribution < 1.29 is 9.18 Å². The number of amides is 1. The third-order valence-electron chi connectivity index (χ3n) is 5.79. The fraction of sp³-hybridized carbons (Fsp3) is 0.476. The summed E-state index contributed by atoms with van der Waals surface area (Å²) in [7, 11) is 2.09. The van der Waals surface area contributed by atoms with Crippen LogP contribution in [0.15, 0.2) is 36.4 Å². The fourth-order valence-electron chi connectivity index (χ4n) is 4.05. The number of rotatable bonds is 5. The Labute approximate surface area is 160 Å². The summed E-state index contributed by atoms with van der Waals surface area (Å²) in [5.74, 6) is 0.0916. The van der Waals surface area contributed by atoms with Crippen LogP contribution >= 0.6 is 0 Å². The van der Waals surface area contributed by atoms with Gasteiger partial charge in [-0.2, -0.15) is 0 Å². The Hall–Kier alpha value is -2.34. The van der Waals surface area contributed by atoms with E-state index in [2.05, 4.69) is 33.5 Å². The molecule has 2 aliphatic rings. The molecule has 1 aromatic heterocycles. The minimum atomic E-state index is -0.178. The van der Waals surface area contributed by atoms with Gasteiger partial charge in [-0.05, 0) is 36.8 Å². The molecule has 0 spiro atoms. The molecule has 0 bridgehead atoms. The summed E-state index contributed by atoms with van der Waals surface area (Å²) in [5, 5.41) is 0. The highest BCUT2D eigenvalue weighted by Gasteiger charge is 2.22. The smallest absolute Gasteiger partial charge is 0.222 e. The van der Waals surface area contributed by atoms with E-state index >= 15 is 0 Å². The molecule has 2 aliphatic heterocycles. The molecule has 1 amide bonds. The first kappa shape index (κ1) is 18.0. The van der Waals surface area contributed by atoms with Crippen LogP contribution in [0, 0.1) is 5.82 Å². The van der Waals surface area contributed by atoms with Crippen molar-refractivity contribution in [3.05, 3.63) is 53.6 Å². The number of likely N-dealkylation sites (tertiary alicyclic amines) is 1. The van der Waals surface area contributed by atoms with E-state index in [1.807, 2.05) is 11.0 Å². The van der Waals surface area contributed by atoms with Gasteiger partial charge in [0.1, 0.15) is 5.82 Å². The average molecular weight is 370 g/mol. The summed E-state index contributed by atoms with van der Waals surface area (Å²) in [5.41, 5.74) is 3.43. The number of benzene rings is 1. The molecule has 0 saturated carbocycles. The van der Waals surface area contributed by atoms with Crippen LogP contribution in [0.4, 0.5) is 10.1 Å². The maximum atomic E-state index is 13.4. The molecule has 0 unspecified atom stereocenters. The summed E-state index contributed by atoms with van der Waals surface area (Å²) in [4.78, 5) is 18.5. The van der Waals surface area contributed by atoms with Crippen LogP contribution in [0.2, 0.25) is 0 Å². The Kier molecular flexibility index (Phi) is 5.16. The number of hydrogen-bond donors (Lipinski definition) is 0. The minimum Gasteiger partial charge on any atom is -0.369 e. The summed E-state index contributed by atoms with van der Waals surface area (Å²) >= 11 is 0. The predicted octanol–water partition coefficient (Wildman–Crippen LogP) is 2.61. The Morgan fingerprint density at radius 2 is 1.70 bits per heavy atom. The molecule has 2 saturated heterocycles. The van der Waals surface area contributed by atoms with E-state index < -0.39 is 0 Å². The lowest BCUT2D eigenvalue weighted by Crippen LogP contribution is -2.46. The van der Waals surface area contributed by atoms with Gasteiger partial charge in [-0.25, -0.2) is 4.39 Å². The van der Waals surface area contributed by atoms with E-state index in [4.69, 9.17) is 0 Å². The maximum Gasteiger partial charge on any atom is 0.222 e. The van der Waals surface area contributed by atoms with Gasteiger partial charge in [0.25, 0.3) is 0 Å². The fourth-order valence-corrected chi connectivity index (χ4v) is 4.05. The number of carbonyl (C=O) groups is 1. The third-order valence-corrected chi connectivity index (χ3v) is 5.79. The van der Waals surface area contributed by atoms with Gasteiger partial charge >= 0.3 is 0 Å². The highest BCUT2D eigenvalue weighted by Crippen LogP contribution is 2.20. The normalized spacial score (nSPS) is 18.5. The molecule has 0 N–H and O–H groups in total. The lowest BCUT2D eigenvalue weighted by Gasteiger charge is -2.36. The van der Waals surface area contributed by atoms with Crippen molar-refractivity contribution in [2.45, 2.75) is 25.9 Å². The Bertz CT molecular complexity index is 810. The van der Waals surface area contributed by atoms with Crippen molar-refractivity contribution in [3.63, 3.8) is 0 Å². The van der Waals surface area contributed by atoms with Crippen LogP contribution in [0.3, 0.4) is 0 Å². The molecular formula is C21H27FN4O. The molecule has 0 radical (unpaired) electrons. The molecule has 27 heavy (non-hydrogen) atoms. The number of anilines is 1. The van der Waals surface area contributed by atoms with Crippen LogP contribution in [0.5, 0.6) is 0 Å². The quantitative estimate of drug-likeness (QED) is 0.811. The first-order chi connectivity index (χ1) is 13.1. The van der Waals surface area contributed by atoms with Gasteiger partial charge in [0.05, 0.1) is 6.54 Å². The Balaban J connectivity index is 1.33. The topological polar surface area (TPSA) is 31.7 Å². The zero-order valence-electron chi connectivity index (χ0n) is 15.9. The number of hydrogen-bond acceptors (Lipinski definition) is 3. The molecular weight excluding hydrogens is 343 g/mol. The van der Waals surface area contributed by atoms with E-state index in [-0.39, 0.29) is 11.7 Å². The minimum absolute atomic E-state index is 0.178. The lowest BCUT2D eigenvalue weighted by atomic mass is 10.2. The molecule has 5 nitrogen and oxygen atoms in total. The van der Waals surface area contributed by atoms with Gasteiger partial charge in [0, 0.05) is 69.8 Å². The molecule has 3 heterocycles. The monoisotopic (exact) mass is 370 g/mol. The first-order valence-electron chi connectivity index (χ1n) is 9.74. The number of halogens is 1. The van der Waals surface area contributed by atoms with Gasteiger partial charge < -0.3 is 14.4 Å². The summed E-state index contributed by atoms with van der Waals surface area (Å²) < 4.78 is 15.7. The lowest BCUT2D eigenvalue weighted by molar-refractivity contribution is -0.128. The molecule has 144 valence electrons. The highest BCUT2D eigenvalue weighted by molar-refractivity contribution is 5.78. The maximum absolute atomic E-state index is 13.4. The standard InChI is InChI=1S/C21H27FN4O/c1-23-19(7-8-20(23)16-26-9-3-6-21(26)27)15-24-10-12-25(13-11-24)18-5-2-4-17(22)14-18/h2,4-5,7-8,14H,3,6,9-13,15-16H2,1H3. The summed E-state index contributed by atoms with van der Waals surface area (Å²) in [6, 6.07) is 11.2. The third kappa shape index (κ3) is 4.00. The van der Waals surface area contributed by atoms with Crippen molar-refractivity contribution >= 4 is 11.6 Å².